The number of thioether (sulfide) groups is 1. The number of nitrogens with zero attached hydrogens (tertiary/aromatic N) is 4. The van der Waals surface area contributed by atoms with Crippen LogP contribution in [0.5, 0.6) is 0 Å². The van der Waals surface area contributed by atoms with E-state index in [1.807, 2.05) is 0 Å². The zero-order valence-corrected chi connectivity index (χ0v) is 18.9. The molecule has 2 heterocycles. The Morgan fingerprint density at radius 3 is 2.60 bits per heavy atom. The van der Waals surface area contributed by atoms with Gasteiger partial charge in [0, 0.05) is 13.2 Å². The highest BCUT2D eigenvalue weighted by atomic mass is 32.2. The fraction of sp³-hybridized carbons (Fsp3) is 0.417. The predicted molar refractivity (Wildman–Crippen MR) is 123 cm³/mol. The minimum absolute atomic E-state index is 0.282. The van der Waals surface area contributed by atoms with Gasteiger partial charge in [0.05, 0.1) is 19.2 Å². The van der Waals surface area contributed by atoms with Gasteiger partial charge in [0.15, 0.2) is 5.16 Å². The summed E-state index contributed by atoms with van der Waals surface area (Å²) in [6.45, 7) is 5.51. The number of aryl methyl sites for hydroxylation is 1. The molecule has 1 saturated heterocycles. The largest absolute Gasteiger partial charge is 0.376 e. The summed E-state index contributed by atoms with van der Waals surface area (Å²) in [5.41, 5.74) is 5.16. The zero-order chi connectivity index (χ0) is 20.9. The monoisotopic (exact) mass is 422 g/mol. The van der Waals surface area contributed by atoms with Crippen molar-refractivity contribution in [2.45, 2.75) is 50.7 Å². The second-order valence-electron chi connectivity index (χ2n) is 8.03. The highest BCUT2D eigenvalue weighted by Gasteiger charge is 2.21. The lowest BCUT2D eigenvalue weighted by Gasteiger charge is -2.19. The summed E-state index contributed by atoms with van der Waals surface area (Å²) in [6, 6.07) is 17.4. The van der Waals surface area contributed by atoms with Crippen molar-refractivity contribution in [1.29, 1.82) is 0 Å². The Kier molecular flexibility index (Phi) is 6.87. The Hall–Kier alpha value is -2.15. The van der Waals surface area contributed by atoms with Crippen LogP contribution < -0.4 is 0 Å². The molecule has 1 atom stereocenters. The minimum Gasteiger partial charge on any atom is -0.376 e. The molecule has 4 rings (SSSR count). The highest BCUT2D eigenvalue weighted by Crippen LogP contribution is 2.24. The van der Waals surface area contributed by atoms with Crippen LogP contribution in [0.3, 0.4) is 0 Å². The molecular weight excluding hydrogens is 392 g/mol. The third-order valence-corrected chi connectivity index (χ3v) is 6.33. The van der Waals surface area contributed by atoms with Gasteiger partial charge in [-0.05, 0) is 55.3 Å². The van der Waals surface area contributed by atoms with Crippen LogP contribution in [0.2, 0.25) is 0 Å². The molecule has 0 saturated carbocycles. The molecule has 1 aromatic heterocycles. The fourth-order valence-corrected chi connectivity index (χ4v) is 4.58. The second-order valence-corrected chi connectivity index (χ2v) is 8.81. The molecule has 0 radical (unpaired) electrons. The number of hydrogen-bond donors (Lipinski definition) is 0. The number of rotatable bonds is 8. The summed E-state index contributed by atoms with van der Waals surface area (Å²) in [5, 5.41) is 9.82. The maximum atomic E-state index is 5.84. The van der Waals surface area contributed by atoms with Crippen LogP contribution in [0.25, 0.3) is 11.1 Å². The standard InChI is InChI=1S/C24H30N4OS/c1-18-7-4-5-9-22(18)20-12-10-19(11-13-20)15-27(2)17-23-25-26-24(30-3)28(23)16-21-8-6-14-29-21/h4-5,7,9-13,21H,6,8,14-17H2,1-3H3/t21-/m1/s1. The maximum Gasteiger partial charge on any atom is 0.191 e. The Balaban J connectivity index is 1.42. The maximum absolute atomic E-state index is 5.84. The summed E-state index contributed by atoms with van der Waals surface area (Å²) < 4.78 is 8.07. The fourth-order valence-electron chi connectivity index (χ4n) is 4.06. The van der Waals surface area contributed by atoms with Gasteiger partial charge in [-0.25, -0.2) is 0 Å². The zero-order valence-electron chi connectivity index (χ0n) is 18.0. The number of aromatic nitrogens is 3. The SMILES string of the molecule is CSc1nnc(CN(C)Cc2ccc(-c3ccccc3C)cc2)n1C[C@H]1CCCO1. The molecule has 30 heavy (non-hydrogen) atoms. The van der Waals surface area contributed by atoms with Crippen molar-refractivity contribution in [3.05, 3.63) is 65.5 Å². The molecule has 0 aliphatic carbocycles. The number of benzene rings is 2. The first-order chi connectivity index (χ1) is 14.6. The van der Waals surface area contributed by atoms with Crippen molar-refractivity contribution in [3.8, 4) is 11.1 Å². The Morgan fingerprint density at radius 2 is 1.90 bits per heavy atom. The molecule has 1 aliphatic heterocycles. The number of ether oxygens (including phenoxy) is 1. The van der Waals surface area contributed by atoms with Gasteiger partial charge in [-0.2, -0.15) is 0 Å². The van der Waals surface area contributed by atoms with Crippen LogP contribution >= 0.6 is 11.8 Å². The molecule has 0 N–H and O–H groups in total. The van der Waals surface area contributed by atoms with Crippen LogP contribution in [0.1, 0.15) is 29.8 Å². The molecule has 6 heteroatoms. The predicted octanol–water partition coefficient (Wildman–Crippen LogP) is 4.79. The third-order valence-electron chi connectivity index (χ3n) is 5.66. The summed E-state index contributed by atoms with van der Waals surface area (Å²) in [7, 11) is 2.14. The van der Waals surface area contributed by atoms with Gasteiger partial charge in [-0.1, -0.05) is 60.3 Å². The topological polar surface area (TPSA) is 43.2 Å². The summed E-state index contributed by atoms with van der Waals surface area (Å²) in [5.74, 6) is 1.01. The van der Waals surface area contributed by atoms with Gasteiger partial charge in [0.1, 0.15) is 5.82 Å². The van der Waals surface area contributed by atoms with Crippen LogP contribution in [0, 0.1) is 6.92 Å². The van der Waals surface area contributed by atoms with Crippen molar-refractivity contribution < 1.29 is 4.74 Å². The summed E-state index contributed by atoms with van der Waals surface area (Å²) >= 11 is 1.65. The lowest BCUT2D eigenvalue weighted by atomic mass is 9.99. The molecule has 3 aromatic rings. The van der Waals surface area contributed by atoms with E-state index in [2.05, 4.69) is 88.4 Å². The smallest absolute Gasteiger partial charge is 0.191 e. The van der Waals surface area contributed by atoms with E-state index in [0.29, 0.717) is 0 Å². The molecule has 2 aromatic carbocycles. The Bertz CT molecular complexity index is 964. The van der Waals surface area contributed by atoms with Crippen LogP contribution in [-0.2, 0) is 24.4 Å². The van der Waals surface area contributed by atoms with E-state index in [9.17, 15) is 0 Å². The molecule has 1 fully saturated rings. The van der Waals surface area contributed by atoms with Gasteiger partial charge in [-0.3, -0.25) is 4.90 Å². The molecule has 0 unspecified atom stereocenters. The van der Waals surface area contributed by atoms with Crippen LogP contribution in [0.15, 0.2) is 53.7 Å². The van der Waals surface area contributed by atoms with Gasteiger partial charge in [-0.15, -0.1) is 10.2 Å². The average Bonchev–Trinajstić information content (AvgIpc) is 3.40. The van der Waals surface area contributed by atoms with Gasteiger partial charge >= 0.3 is 0 Å². The van der Waals surface area contributed by atoms with Crippen molar-refractivity contribution in [2.75, 3.05) is 19.9 Å². The van der Waals surface area contributed by atoms with Gasteiger partial charge in [0.2, 0.25) is 0 Å². The molecule has 0 spiro atoms. The lowest BCUT2D eigenvalue weighted by molar-refractivity contribution is 0.0934. The molecule has 0 amide bonds. The summed E-state index contributed by atoms with van der Waals surface area (Å²) in [6.07, 6.45) is 4.60. The van der Waals surface area contributed by atoms with Crippen molar-refractivity contribution >= 4 is 11.8 Å². The van der Waals surface area contributed by atoms with E-state index < -0.39 is 0 Å². The quantitative estimate of drug-likeness (QED) is 0.489. The molecule has 158 valence electrons. The van der Waals surface area contributed by atoms with E-state index in [-0.39, 0.29) is 6.10 Å². The average molecular weight is 423 g/mol. The first kappa shape index (κ1) is 21.1. The molecule has 0 bridgehead atoms. The van der Waals surface area contributed by atoms with Crippen molar-refractivity contribution in [2.24, 2.45) is 0 Å². The van der Waals surface area contributed by atoms with Crippen LogP contribution in [-0.4, -0.2) is 45.7 Å². The number of hydrogen-bond acceptors (Lipinski definition) is 5. The Labute approximate surface area is 183 Å². The molecule has 1 aliphatic rings. The van der Waals surface area contributed by atoms with E-state index >= 15 is 0 Å². The second kappa shape index (κ2) is 9.77. The first-order valence-electron chi connectivity index (χ1n) is 10.5. The molecular formula is C24H30N4OS. The minimum atomic E-state index is 0.282. The third kappa shape index (κ3) is 4.94. The first-order valence-corrected chi connectivity index (χ1v) is 11.8. The van der Waals surface area contributed by atoms with E-state index in [1.165, 1.54) is 22.3 Å². The van der Waals surface area contributed by atoms with E-state index in [4.69, 9.17) is 4.74 Å². The highest BCUT2D eigenvalue weighted by molar-refractivity contribution is 7.98. The van der Waals surface area contributed by atoms with Crippen molar-refractivity contribution in [1.82, 2.24) is 19.7 Å². The van der Waals surface area contributed by atoms with Crippen LogP contribution in [0.4, 0.5) is 0 Å². The van der Waals surface area contributed by atoms with E-state index in [1.54, 1.807) is 11.8 Å². The Morgan fingerprint density at radius 1 is 1.10 bits per heavy atom. The lowest BCUT2D eigenvalue weighted by Crippen LogP contribution is -2.23. The molecule has 5 nitrogen and oxygen atoms in total. The van der Waals surface area contributed by atoms with Crippen molar-refractivity contribution in [3.63, 3.8) is 0 Å². The van der Waals surface area contributed by atoms with Gasteiger partial charge < -0.3 is 9.30 Å². The van der Waals surface area contributed by atoms with Gasteiger partial charge in [0.25, 0.3) is 0 Å². The summed E-state index contributed by atoms with van der Waals surface area (Å²) in [4.78, 5) is 2.29. The normalized spacial score (nSPS) is 16.5. The van der Waals surface area contributed by atoms with E-state index in [0.717, 1.165) is 50.1 Å².